The Morgan fingerprint density at radius 3 is 0.772 bits per heavy atom. The van der Waals surface area contributed by atoms with Crippen LogP contribution in [0, 0.1) is 23.7 Å². The van der Waals surface area contributed by atoms with Crippen LogP contribution in [0.1, 0.15) is 364 Å². The maximum Gasteiger partial charge on any atom is 0.472 e. The number of carbonyl (C=O) groups is 4. The minimum absolute atomic E-state index is 0.104. The van der Waals surface area contributed by atoms with Gasteiger partial charge in [-0.1, -0.05) is 312 Å². The Balaban J connectivity index is 5.28. The molecule has 0 aromatic carbocycles. The zero-order valence-electron chi connectivity index (χ0n) is 60.2. The van der Waals surface area contributed by atoms with E-state index in [1.54, 1.807) is 0 Å². The monoisotopic (exact) mass is 1350 g/mol. The molecule has 3 N–H and O–H groups in total. The van der Waals surface area contributed by atoms with Gasteiger partial charge < -0.3 is 33.8 Å². The lowest BCUT2D eigenvalue weighted by Crippen LogP contribution is -2.30. The maximum atomic E-state index is 13.1. The molecule has 0 aromatic rings. The van der Waals surface area contributed by atoms with Crippen molar-refractivity contribution in [2.24, 2.45) is 23.7 Å². The van der Waals surface area contributed by atoms with Gasteiger partial charge in [0.05, 0.1) is 26.4 Å². The van der Waals surface area contributed by atoms with Crippen LogP contribution in [-0.4, -0.2) is 96.7 Å². The molecule has 0 aliphatic carbocycles. The van der Waals surface area contributed by atoms with Crippen molar-refractivity contribution < 1.29 is 80.2 Å². The third-order valence-corrected chi connectivity index (χ3v) is 19.4. The van der Waals surface area contributed by atoms with E-state index in [0.29, 0.717) is 25.7 Å². The Labute approximate surface area is 562 Å². The number of esters is 4. The van der Waals surface area contributed by atoms with Crippen LogP contribution in [0.2, 0.25) is 0 Å². The molecule has 0 spiro atoms. The SMILES string of the molecule is CCC(C)CCCCCCCCCCC(=O)OC[C@H](COP(=O)(O)OC[C@H](O)COP(=O)(O)OC[C@@H](COC(=O)CCCCCCCCCCCCCC(C)C)OC(=O)CCCCCCCCCCCCCC(C)C)OC(=O)CCCCCCCCCCC(C)CC. The number of rotatable bonds is 70. The van der Waals surface area contributed by atoms with Crippen molar-refractivity contribution in [3.8, 4) is 0 Å². The van der Waals surface area contributed by atoms with Crippen molar-refractivity contribution in [3.63, 3.8) is 0 Å². The van der Waals surface area contributed by atoms with E-state index in [9.17, 15) is 43.2 Å². The number of phosphoric acid groups is 2. The summed E-state index contributed by atoms with van der Waals surface area (Å²) >= 11 is 0. The van der Waals surface area contributed by atoms with Crippen molar-refractivity contribution in [1.82, 2.24) is 0 Å². The van der Waals surface area contributed by atoms with Crippen LogP contribution >= 0.6 is 15.6 Å². The summed E-state index contributed by atoms with van der Waals surface area (Å²) in [6.45, 7) is 14.2. The molecule has 0 saturated heterocycles. The van der Waals surface area contributed by atoms with Gasteiger partial charge in [0, 0.05) is 25.7 Å². The summed E-state index contributed by atoms with van der Waals surface area (Å²) in [6, 6.07) is 0. The first kappa shape index (κ1) is 90.1. The standard InChI is InChI=1S/C73H142O17P2/c1-9-65(7)51-43-35-27-21-23-30-38-46-54-71(76)84-60-69(90-73(78)56-48-40-32-24-22-28-36-44-52-66(8)10-2)62-88-92(81,82)86-58-67(74)57-85-91(79,80)87-61-68(89-72(77)55-47-39-31-20-16-12-14-18-26-34-42-50-64(5)6)59-83-70(75)53-45-37-29-19-15-11-13-17-25-33-41-49-63(3)4/h63-69,74H,9-62H2,1-8H3,(H,79,80)(H,81,82)/t65?,66?,67-,68-,69-/m1/s1. The summed E-state index contributed by atoms with van der Waals surface area (Å²) in [5, 5.41) is 10.6. The lowest BCUT2D eigenvalue weighted by atomic mass is 9.99. The first-order chi connectivity index (χ1) is 44.2. The van der Waals surface area contributed by atoms with Gasteiger partial charge in [0.1, 0.15) is 19.3 Å². The zero-order valence-corrected chi connectivity index (χ0v) is 62.0. The fourth-order valence-corrected chi connectivity index (χ4v) is 12.5. The molecule has 0 radical (unpaired) electrons. The van der Waals surface area contributed by atoms with Crippen molar-refractivity contribution in [3.05, 3.63) is 0 Å². The van der Waals surface area contributed by atoms with Gasteiger partial charge in [-0.25, -0.2) is 9.13 Å². The Morgan fingerprint density at radius 1 is 0.304 bits per heavy atom. The molecular formula is C73H142O17P2. The first-order valence-electron chi connectivity index (χ1n) is 37.8. The van der Waals surface area contributed by atoms with Gasteiger partial charge in [-0.3, -0.25) is 37.3 Å². The molecule has 0 fully saturated rings. The Bertz CT molecular complexity index is 1820. The third kappa shape index (κ3) is 64.1. The first-order valence-corrected chi connectivity index (χ1v) is 40.8. The predicted molar refractivity (Wildman–Crippen MR) is 372 cm³/mol. The molecule has 0 aliphatic rings. The smallest absolute Gasteiger partial charge is 0.462 e. The largest absolute Gasteiger partial charge is 0.472 e. The lowest BCUT2D eigenvalue weighted by molar-refractivity contribution is -0.161. The van der Waals surface area contributed by atoms with Crippen molar-refractivity contribution in [2.75, 3.05) is 39.6 Å². The van der Waals surface area contributed by atoms with E-state index in [4.69, 9.17) is 37.0 Å². The van der Waals surface area contributed by atoms with Gasteiger partial charge in [-0.15, -0.1) is 0 Å². The van der Waals surface area contributed by atoms with Gasteiger partial charge in [-0.2, -0.15) is 0 Å². The number of aliphatic hydroxyl groups is 1. The third-order valence-electron chi connectivity index (χ3n) is 17.5. The molecule has 19 heteroatoms. The maximum absolute atomic E-state index is 13.1. The van der Waals surface area contributed by atoms with E-state index in [1.807, 2.05) is 0 Å². The van der Waals surface area contributed by atoms with Gasteiger partial charge in [-0.05, 0) is 49.4 Å². The molecule has 0 heterocycles. The van der Waals surface area contributed by atoms with Gasteiger partial charge in [0.15, 0.2) is 12.2 Å². The lowest BCUT2D eigenvalue weighted by Gasteiger charge is -2.21. The molecular weight excluding hydrogens is 1210 g/mol. The average Bonchev–Trinajstić information content (AvgIpc) is 3.72. The van der Waals surface area contributed by atoms with Crippen LogP contribution in [0.4, 0.5) is 0 Å². The highest BCUT2D eigenvalue weighted by Gasteiger charge is 2.30. The number of unbranched alkanes of at least 4 members (excludes halogenated alkanes) is 34. The predicted octanol–water partition coefficient (Wildman–Crippen LogP) is 20.9. The van der Waals surface area contributed by atoms with Crippen molar-refractivity contribution in [2.45, 2.75) is 382 Å². The number of phosphoric ester groups is 2. The Kier molecular flexibility index (Phi) is 61.3. The molecule has 4 unspecified atom stereocenters. The molecule has 7 atom stereocenters. The summed E-state index contributed by atoms with van der Waals surface area (Å²) in [5.74, 6) is 0.958. The highest BCUT2D eigenvalue weighted by Crippen LogP contribution is 2.45. The van der Waals surface area contributed by atoms with Crippen LogP contribution in [0.15, 0.2) is 0 Å². The molecule has 546 valence electrons. The molecule has 0 bridgehead atoms. The fraction of sp³-hybridized carbons (Fsp3) is 0.945. The highest BCUT2D eigenvalue weighted by atomic mass is 31.2. The average molecular weight is 1350 g/mol. The van der Waals surface area contributed by atoms with Crippen LogP contribution in [0.5, 0.6) is 0 Å². The van der Waals surface area contributed by atoms with Gasteiger partial charge in [0.2, 0.25) is 0 Å². The van der Waals surface area contributed by atoms with Gasteiger partial charge in [0.25, 0.3) is 0 Å². The number of aliphatic hydroxyl groups excluding tert-OH is 1. The molecule has 0 rings (SSSR count). The van der Waals surface area contributed by atoms with Crippen molar-refractivity contribution in [1.29, 1.82) is 0 Å². The quantitative estimate of drug-likeness (QED) is 0.0222. The summed E-state index contributed by atoms with van der Waals surface area (Å²) in [6.07, 6.45) is 45.6. The molecule has 92 heavy (non-hydrogen) atoms. The van der Waals surface area contributed by atoms with E-state index in [2.05, 4.69) is 55.4 Å². The van der Waals surface area contributed by atoms with E-state index < -0.39 is 97.5 Å². The van der Waals surface area contributed by atoms with E-state index in [1.165, 1.54) is 167 Å². The summed E-state index contributed by atoms with van der Waals surface area (Å²) in [4.78, 5) is 72.7. The minimum Gasteiger partial charge on any atom is -0.462 e. The number of hydrogen-bond donors (Lipinski definition) is 3. The van der Waals surface area contributed by atoms with E-state index in [0.717, 1.165) is 114 Å². The second-order valence-electron chi connectivity index (χ2n) is 27.8. The normalized spacial score (nSPS) is 14.8. The number of ether oxygens (including phenoxy) is 4. The topological polar surface area (TPSA) is 237 Å². The van der Waals surface area contributed by atoms with Crippen LogP contribution < -0.4 is 0 Å². The van der Waals surface area contributed by atoms with Gasteiger partial charge >= 0.3 is 39.5 Å². The van der Waals surface area contributed by atoms with E-state index >= 15 is 0 Å². The summed E-state index contributed by atoms with van der Waals surface area (Å²) in [7, 11) is -9.91. The number of hydrogen-bond acceptors (Lipinski definition) is 15. The summed E-state index contributed by atoms with van der Waals surface area (Å²) in [5.41, 5.74) is 0. The fourth-order valence-electron chi connectivity index (χ4n) is 11.0. The van der Waals surface area contributed by atoms with Crippen LogP contribution in [0.25, 0.3) is 0 Å². The Hall–Kier alpha value is -1.94. The highest BCUT2D eigenvalue weighted by molar-refractivity contribution is 7.47. The van der Waals surface area contributed by atoms with Crippen molar-refractivity contribution >= 4 is 39.5 Å². The molecule has 0 aliphatic heterocycles. The minimum atomic E-state index is -4.96. The molecule has 0 amide bonds. The molecule has 0 aromatic heterocycles. The molecule has 17 nitrogen and oxygen atoms in total. The second kappa shape index (κ2) is 62.6. The zero-order chi connectivity index (χ0) is 68.2. The van der Waals surface area contributed by atoms with Crippen LogP contribution in [0.3, 0.4) is 0 Å². The second-order valence-corrected chi connectivity index (χ2v) is 30.7. The summed E-state index contributed by atoms with van der Waals surface area (Å²) < 4.78 is 68.4. The van der Waals surface area contributed by atoms with E-state index in [-0.39, 0.29) is 25.7 Å². The Morgan fingerprint density at radius 2 is 0.522 bits per heavy atom. The van der Waals surface area contributed by atoms with Crippen LogP contribution in [-0.2, 0) is 65.4 Å². The molecule has 0 saturated carbocycles. The number of carbonyl (C=O) groups excluding carboxylic acids is 4.